The second kappa shape index (κ2) is 11.0. The summed E-state index contributed by atoms with van der Waals surface area (Å²) in [6, 6.07) is 10.8. The Balaban J connectivity index is 1.18. The van der Waals surface area contributed by atoms with E-state index in [2.05, 4.69) is 49.0 Å². The molecular weight excluding hydrogens is 540 g/mol. The number of ether oxygens (including phenoxy) is 1. The van der Waals surface area contributed by atoms with Crippen LogP contribution < -0.4 is 4.90 Å². The molecule has 0 bridgehead atoms. The minimum absolute atomic E-state index is 0.325. The molecule has 3 aliphatic heterocycles. The van der Waals surface area contributed by atoms with Crippen molar-refractivity contribution in [3.8, 4) is 5.95 Å². The highest BCUT2D eigenvalue weighted by molar-refractivity contribution is 7.91. The molecule has 4 aromatic rings. The zero-order valence-electron chi connectivity index (χ0n) is 23.7. The summed E-state index contributed by atoms with van der Waals surface area (Å²) < 4.78 is 33.7. The van der Waals surface area contributed by atoms with Gasteiger partial charge in [0.2, 0.25) is 5.95 Å². The second-order valence-electron chi connectivity index (χ2n) is 11.3. The molecule has 12 heteroatoms. The van der Waals surface area contributed by atoms with Gasteiger partial charge in [0.15, 0.2) is 17.0 Å². The van der Waals surface area contributed by atoms with Crippen molar-refractivity contribution < 1.29 is 13.2 Å². The maximum absolute atomic E-state index is 11.9. The number of sulfone groups is 1. The van der Waals surface area contributed by atoms with Crippen LogP contribution in [0.2, 0.25) is 0 Å². The average molecular weight is 579 g/mol. The summed E-state index contributed by atoms with van der Waals surface area (Å²) in [4.78, 5) is 22.6. The van der Waals surface area contributed by atoms with Gasteiger partial charge < -0.3 is 14.2 Å². The number of para-hydroxylation sites is 1. The van der Waals surface area contributed by atoms with Gasteiger partial charge in [-0.25, -0.2) is 13.4 Å². The number of aromatic nitrogens is 5. The van der Waals surface area contributed by atoms with E-state index in [0.29, 0.717) is 36.7 Å². The van der Waals surface area contributed by atoms with E-state index in [1.165, 1.54) is 0 Å². The van der Waals surface area contributed by atoms with E-state index >= 15 is 0 Å². The molecule has 0 N–H and O–H groups in total. The minimum Gasteiger partial charge on any atom is -0.378 e. The highest BCUT2D eigenvalue weighted by Gasteiger charge is 2.31. The van der Waals surface area contributed by atoms with Gasteiger partial charge in [-0.05, 0) is 31.9 Å². The Bertz CT molecular complexity index is 1640. The van der Waals surface area contributed by atoms with E-state index in [0.717, 1.165) is 98.9 Å². The number of imidazole rings is 1. The molecule has 7 rings (SSSR count). The number of nitrogens with zero attached hydrogens (tertiary/aromatic N) is 8. The van der Waals surface area contributed by atoms with Crippen LogP contribution in [0.25, 0.3) is 28.0 Å². The zero-order valence-corrected chi connectivity index (χ0v) is 24.5. The standard InChI is InChI=1S/C29H38N8O3S/c1-2-36-25(21-33-11-13-34(14-12-33)23-8-19-41(38,39)20-9-23)30-26-27(35-15-17-40-18-16-35)31-29(32-28(26)36)37-10-7-22-5-3-4-6-24(22)37/h3-7,10,23H,2,8-9,11-21H2,1H3. The first-order chi connectivity index (χ1) is 20.0. The third-order valence-corrected chi connectivity index (χ3v) is 10.6. The fourth-order valence-electron chi connectivity index (χ4n) is 6.56. The third kappa shape index (κ3) is 5.22. The number of fused-ring (bicyclic) bond motifs is 2. The van der Waals surface area contributed by atoms with Gasteiger partial charge in [0.25, 0.3) is 0 Å². The lowest BCUT2D eigenvalue weighted by atomic mass is 10.1. The van der Waals surface area contributed by atoms with Gasteiger partial charge in [-0.3, -0.25) is 14.4 Å². The number of benzene rings is 1. The van der Waals surface area contributed by atoms with Crippen LogP contribution in [-0.2, 0) is 27.7 Å². The van der Waals surface area contributed by atoms with E-state index < -0.39 is 9.84 Å². The normalized spacial score (nSPS) is 21.2. The quantitative estimate of drug-likeness (QED) is 0.341. The van der Waals surface area contributed by atoms with Crippen molar-refractivity contribution in [1.82, 2.24) is 33.9 Å². The molecule has 3 aromatic heterocycles. The molecule has 0 unspecified atom stereocenters. The lowest BCUT2D eigenvalue weighted by Crippen LogP contribution is -2.51. The molecule has 0 amide bonds. The number of anilines is 1. The Labute approximate surface area is 240 Å². The molecule has 218 valence electrons. The van der Waals surface area contributed by atoms with Gasteiger partial charge in [0, 0.05) is 63.4 Å². The fraction of sp³-hybridized carbons (Fsp3) is 0.552. The number of rotatable bonds is 6. The summed E-state index contributed by atoms with van der Waals surface area (Å²) in [5.74, 6) is 3.19. The molecule has 0 aliphatic carbocycles. The zero-order chi connectivity index (χ0) is 28.0. The van der Waals surface area contributed by atoms with Gasteiger partial charge in [0.1, 0.15) is 15.7 Å². The molecule has 6 heterocycles. The summed E-state index contributed by atoms with van der Waals surface area (Å²) in [5.41, 5.74) is 2.80. The van der Waals surface area contributed by atoms with E-state index in [4.69, 9.17) is 19.7 Å². The van der Waals surface area contributed by atoms with Crippen molar-refractivity contribution in [3.05, 3.63) is 42.4 Å². The van der Waals surface area contributed by atoms with Crippen molar-refractivity contribution in [2.24, 2.45) is 0 Å². The molecule has 11 nitrogen and oxygen atoms in total. The van der Waals surface area contributed by atoms with E-state index in [-0.39, 0.29) is 0 Å². The molecule has 3 saturated heterocycles. The van der Waals surface area contributed by atoms with Crippen molar-refractivity contribution in [2.75, 3.05) is 68.9 Å². The van der Waals surface area contributed by atoms with Gasteiger partial charge in [-0.1, -0.05) is 18.2 Å². The first kappa shape index (κ1) is 26.8. The molecular formula is C29H38N8O3S. The first-order valence-electron chi connectivity index (χ1n) is 14.8. The number of aryl methyl sites for hydroxylation is 1. The van der Waals surface area contributed by atoms with Gasteiger partial charge in [-0.2, -0.15) is 9.97 Å². The summed E-state index contributed by atoms with van der Waals surface area (Å²) >= 11 is 0. The Morgan fingerprint density at radius 3 is 2.44 bits per heavy atom. The third-order valence-electron chi connectivity index (χ3n) is 8.90. The number of hydrogen-bond donors (Lipinski definition) is 0. The summed E-state index contributed by atoms with van der Waals surface area (Å²) in [5, 5.41) is 1.16. The van der Waals surface area contributed by atoms with Crippen LogP contribution in [0.1, 0.15) is 25.6 Å². The lowest BCUT2D eigenvalue weighted by molar-refractivity contribution is 0.0853. The Morgan fingerprint density at radius 2 is 1.68 bits per heavy atom. The SMILES string of the molecule is CCn1c(CN2CCN(C3CCS(=O)(=O)CC3)CC2)nc2c(N3CCOCC3)nc(-n3ccc4ccccc43)nc21. The maximum Gasteiger partial charge on any atom is 0.238 e. The molecule has 0 radical (unpaired) electrons. The van der Waals surface area contributed by atoms with Crippen LogP contribution in [0.4, 0.5) is 5.82 Å². The van der Waals surface area contributed by atoms with E-state index in [1.54, 1.807) is 0 Å². The summed E-state index contributed by atoms with van der Waals surface area (Å²) in [6.45, 7) is 10.4. The highest BCUT2D eigenvalue weighted by Crippen LogP contribution is 2.29. The van der Waals surface area contributed by atoms with Crippen molar-refractivity contribution >= 4 is 37.7 Å². The first-order valence-corrected chi connectivity index (χ1v) is 16.6. The van der Waals surface area contributed by atoms with Gasteiger partial charge >= 0.3 is 0 Å². The Kier molecular flexibility index (Phi) is 7.18. The van der Waals surface area contributed by atoms with E-state index in [9.17, 15) is 8.42 Å². The monoisotopic (exact) mass is 578 g/mol. The number of morpholine rings is 1. The minimum atomic E-state index is -2.84. The fourth-order valence-corrected chi connectivity index (χ4v) is 8.03. The predicted molar refractivity (Wildman–Crippen MR) is 159 cm³/mol. The predicted octanol–water partition coefficient (Wildman–Crippen LogP) is 2.32. The number of piperazine rings is 1. The van der Waals surface area contributed by atoms with Crippen LogP contribution >= 0.6 is 0 Å². The van der Waals surface area contributed by atoms with Crippen LogP contribution in [0.3, 0.4) is 0 Å². The second-order valence-corrected chi connectivity index (χ2v) is 13.6. The Morgan fingerprint density at radius 1 is 0.927 bits per heavy atom. The molecule has 0 saturated carbocycles. The summed E-state index contributed by atoms with van der Waals surface area (Å²) in [6.07, 6.45) is 3.57. The van der Waals surface area contributed by atoms with Crippen molar-refractivity contribution in [2.45, 2.75) is 38.9 Å². The molecule has 0 atom stereocenters. The van der Waals surface area contributed by atoms with Crippen LogP contribution in [0, 0.1) is 0 Å². The van der Waals surface area contributed by atoms with E-state index in [1.807, 2.05) is 18.3 Å². The lowest BCUT2D eigenvalue weighted by Gasteiger charge is -2.40. The maximum atomic E-state index is 11.9. The van der Waals surface area contributed by atoms with Gasteiger partial charge in [0.05, 0.1) is 36.8 Å². The molecule has 0 spiro atoms. The van der Waals surface area contributed by atoms with Crippen molar-refractivity contribution in [1.29, 1.82) is 0 Å². The van der Waals surface area contributed by atoms with Crippen LogP contribution in [0.5, 0.6) is 0 Å². The van der Waals surface area contributed by atoms with Crippen LogP contribution in [0.15, 0.2) is 36.5 Å². The van der Waals surface area contributed by atoms with Crippen LogP contribution in [-0.4, -0.2) is 112 Å². The molecule has 1 aromatic carbocycles. The molecule has 3 aliphatic rings. The Hall–Kier alpha value is -3.06. The molecule has 3 fully saturated rings. The number of hydrogen-bond acceptors (Lipinski definition) is 9. The smallest absolute Gasteiger partial charge is 0.238 e. The summed E-state index contributed by atoms with van der Waals surface area (Å²) in [7, 11) is -2.84. The average Bonchev–Trinajstić information content (AvgIpc) is 3.58. The topological polar surface area (TPSA) is 102 Å². The molecule has 41 heavy (non-hydrogen) atoms. The largest absolute Gasteiger partial charge is 0.378 e. The highest BCUT2D eigenvalue weighted by atomic mass is 32.2. The van der Waals surface area contributed by atoms with Gasteiger partial charge in [-0.15, -0.1) is 0 Å². The van der Waals surface area contributed by atoms with Crippen molar-refractivity contribution in [3.63, 3.8) is 0 Å².